The average Bonchev–Trinajstić information content (AvgIpc) is 3.02. The maximum absolute atomic E-state index is 13.1. The first kappa shape index (κ1) is 34.7. The van der Waals surface area contributed by atoms with Crippen LogP contribution in [0, 0.1) is 18.8 Å². The number of carbonyl (C=O) groups excluding carboxylic acids is 2. The number of terminal acetylenes is 1. The van der Waals surface area contributed by atoms with Crippen LogP contribution in [0.25, 0.3) is 0 Å². The third kappa shape index (κ3) is 11.4. The van der Waals surface area contributed by atoms with E-state index in [1.165, 1.54) is 11.9 Å². The zero-order valence-electron chi connectivity index (χ0n) is 22.2. The van der Waals surface area contributed by atoms with Crippen LogP contribution in [0.2, 0.25) is 0 Å². The maximum atomic E-state index is 13.1. The lowest BCUT2D eigenvalue weighted by atomic mass is 9.98. The molecule has 0 aromatic heterocycles. The number of amides is 2. The zero-order valence-corrected chi connectivity index (χ0v) is 22.2. The molecule has 2 aromatic carbocycles. The van der Waals surface area contributed by atoms with Crippen molar-refractivity contribution in [1.29, 1.82) is 0 Å². The molecule has 3 rings (SSSR count). The van der Waals surface area contributed by atoms with Crippen LogP contribution >= 0.6 is 0 Å². The molecule has 1 aliphatic heterocycles. The van der Waals surface area contributed by atoms with Gasteiger partial charge in [-0.1, -0.05) is 55.5 Å². The topological polar surface area (TPSA) is 99.1 Å². The monoisotopic (exact) mass is 585 g/mol. The normalized spacial score (nSPS) is 15.5. The lowest BCUT2D eigenvalue weighted by Crippen LogP contribution is -2.48. The van der Waals surface area contributed by atoms with E-state index < -0.39 is 67.9 Å². The van der Waals surface area contributed by atoms with E-state index in [0.717, 1.165) is 6.92 Å². The van der Waals surface area contributed by atoms with Gasteiger partial charge in [0.15, 0.2) is 0 Å². The van der Waals surface area contributed by atoms with Gasteiger partial charge in [0.25, 0.3) is 5.91 Å². The number of aliphatic imine (C=N–C) groups is 1. The highest BCUT2D eigenvalue weighted by atomic mass is 19.4. The fourth-order valence-electron chi connectivity index (χ4n) is 3.57. The minimum Gasteiger partial charge on any atom is -0.481 e. The van der Waals surface area contributed by atoms with Crippen LogP contribution in [0.4, 0.5) is 32.0 Å². The van der Waals surface area contributed by atoms with Gasteiger partial charge in [0, 0.05) is 36.9 Å². The number of aliphatic carboxylic acids is 1. The summed E-state index contributed by atoms with van der Waals surface area (Å²) in [5, 5.41) is 11.4. The number of carbonyl (C=O) groups is 3. The minimum atomic E-state index is -4.55. The first-order valence-electron chi connectivity index (χ1n) is 12.1. The summed E-state index contributed by atoms with van der Waals surface area (Å²) in [5.41, 5.74) is 2.27. The Labute approximate surface area is 233 Å². The lowest BCUT2D eigenvalue weighted by molar-refractivity contribution is -0.148. The van der Waals surface area contributed by atoms with Crippen molar-refractivity contribution in [3.05, 3.63) is 65.7 Å². The Morgan fingerprint density at radius 1 is 1.00 bits per heavy atom. The predicted molar refractivity (Wildman–Crippen MR) is 141 cm³/mol. The van der Waals surface area contributed by atoms with E-state index in [0.29, 0.717) is 22.5 Å². The fourth-order valence-corrected chi connectivity index (χ4v) is 3.57. The van der Waals surface area contributed by atoms with E-state index in [1.807, 2.05) is 0 Å². The van der Waals surface area contributed by atoms with Gasteiger partial charge in [0.05, 0.1) is 17.8 Å². The van der Waals surface area contributed by atoms with E-state index in [2.05, 4.69) is 23.2 Å². The van der Waals surface area contributed by atoms with Crippen LogP contribution < -0.4 is 10.2 Å². The maximum Gasteiger partial charge on any atom is 0.389 e. The molecule has 222 valence electrons. The van der Waals surface area contributed by atoms with Crippen molar-refractivity contribution < 1.29 is 45.8 Å². The van der Waals surface area contributed by atoms with Gasteiger partial charge in [-0.05, 0) is 12.5 Å². The van der Waals surface area contributed by atoms with Crippen LogP contribution in [-0.4, -0.2) is 54.2 Å². The second-order valence-electron chi connectivity index (χ2n) is 8.59. The Hall–Kier alpha value is -4.34. The van der Waals surface area contributed by atoms with E-state index >= 15 is 0 Å². The van der Waals surface area contributed by atoms with Crippen LogP contribution in [0.1, 0.15) is 43.7 Å². The largest absolute Gasteiger partial charge is 0.481 e. The number of fused-ring (bicyclic) bond motifs is 1. The number of halogens is 6. The first-order valence-corrected chi connectivity index (χ1v) is 12.1. The SMILES string of the molecule is C#C.CCC(F)(F)F.CN1C(=O)[C@@H](NC(=O)[C@H](CCC(F)(F)F)CC(=O)O)N=C(c2ccccc2)c2ccccc21. The van der Waals surface area contributed by atoms with Crippen molar-refractivity contribution in [2.45, 2.75) is 51.1 Å². The van der Waals surface area contributed by atoms with Crippen molar-refractivity contribution >= 4 is 29.2 Å². The Balaban J connectivity index is 0.000000931. The van der Waals surface area contributed by atoms with Crippen molar-refractivity contribution in [2.75, 3.05) is 11.9 Å². The van der Waals surface area contributed by atoms with Crippen LogP contribution in [0.15, 0.2) is 59.6 Å². The molecule has 2 aromatic rings. The summed E-state index contributed by atoms with van der Waals surface area (Å²) >= 11 is 0. The number of carboxylic acid groups (broad SMARTS) is 1. The van der Waals surface area contributed by atoms with E-state index in [-0.39, 0.29) is 0 Å². The number of carboxylic acids is 1. The number of nitrogens with one attached hydrogen (secondary N) is 1. The van der Waals surface area contributed by atoms with Crippen LogP contribution in [-0.2, 0) is 14.4 Å². The fraction of sp³-hybridized carbons (Fsp3) is 0.357. The Bertz CT molecular complexity index is 1230. The number of hydrogen-bond donors (Lipinski definition) is 2. The smallest absolute Gasteiger partial charge is 0.389 e. The molecule has 13 heteroatoms. The first-order chi connectivity index (χ1) is 19.1. The van der Waals surface area contributed by atoms with Gasteiger partial charge < -0.3 is 15.3 Å². The van der Waals surface area contributed by atoms with Crippen molar-refractivity contribution in [3.8, 4) is 12.8 Å². The molecule has 0 unspecified atom stereocenters. The second kappa shape index (κ2) is 15.4. The minimum absolute atomic E-state index is 0.416. The number of para-hydroxylation sites is 1. The number of rotatable bonds is 7. The molecule has 0 saturated carbocycles. The van der Waals surface area contributed by atoms with Gasteiger partial charge in [0.1, 0.15) is 0 Å². The van der Waals surface area contributed by atoms with Gasteiger partial charge >= 0.3 is 18.3 Å². The highest BCUT2D eigenvalue weighted by Crippen LogP contribution is 2.28. The third-order valence-electron chi connectivity index (χ3n) is 5.64. The number of alkyl halides is 6. The summed E-state index contributed by atoms with van der Waals surface area (Å²) in [6, 6.07) is 15.9. The summed E-state index contributed by atoms with van der Waals surface area (Å²) in [7, 11) is 1.50. The molecule has 2 amide bonds. The summed E-state index contributed by atoms with van der Waals surface area (Å²) in [4.78, 5) is 42.7. The molecular weight excluding hydrogens is 556 g/mol. The van der Waals surface area contributed by atoms with Crippen molar-refractivity contribution in [3.63, 3.8) is 0 Å². The Morgan fingerprint density at radius 3 is 2.05 bits per heavy atom. The Morgan fingerprint density at radius 2 is 1.54 bits per heavy atom. The number of benzodiazepines with no additional fused rings is 1. The highest BCUT2D eigenvalue weighted by Gasteiger charge is 2.35. The number of nitrogens with zero attached hydrogens (tertiary/aromatic N) is 2. The summed E-state index contributed by atoms with van der Waals surface area (Å²) < 4.78 is 70.4. The predicted octanol–water partition coefficient (Wildman–Crippen LogP) is 5.58. The number of hydrogen-bond acceptors (Lipinski definition) is 4. The van der Waals surface area contributed by atoms with Crippen molar-refractivity contribution in [1.82, 2.24) is 5.32 Å². The Kier molecular flexibility index (Phi) is 13.1. The molecule has 1 heterocycles. The summed E-state index contributed by atoms with van der Waals surface area (Å²) in [6.45, 7) is 1.08. The third-order valence-corrected chi connectivity index (χ3v) is 5.64. The number of anilines is 1. The molecule has 0 aliphatic carbocycles. The molecule has 0 saturated heterocycles. The molecule has 0 spiro atoms. The molecule has 7 nitrogen and oxygen atoms in total. The lowest BCUT2D eigenvalue weighted by Gasteiger charge is -2.22. The summed E-state index contributed by atoms with van der Waals surface area (Å²) in [5.74, 6) is -4.46. The quantitative estimate of drug-likeness (QED) is 0.327. The van der Waals surface area contributed by atoms with Gasteiger partial charge in [-0.2, -0.15) is 26.3 Å². The molecule has 2 atom stereocenters. The van der Waals surface area contributed by atoms with Crippen molar-refractivity contribution in [2.24, 2.45) is 10.9 Å². The number of likely N-dealkylation sites (N-methyl/N-ethyl adjacent to an activating group) is 1. The molecular formula is C28H29F6N3O4. The molecule has 0 radical (unpaired) electrons. The van der Waals surface area contributed by atoms with Crippen LogP contribution in [0.5, 0.6) is 0 Å². The van der Waals surface area contributed by atoms with E-state index in [9.17, 15) is 40.7 Å². The molecule has 0 bridgehead atoms. The number of benzene rings is 2. The highest BCUT2D eigenvalue weighted by molar-refractivity contribution is 6.20. The standard InChI is InChI=1S/C23H22F3N3O4.C3H5F3.C2H2/c1-29-17-10-6-5-9-16(17)19(14-7-3-2-4-8-14)27-20(22(29)33)28-21(32)15(13-18(30)31)11-12-23(24,25)26;1-2-3(4,5)6;1-2/h2-10,15,20H,11-13H2,1H3,(H,28,32)(H,30,31);2H2,1H3;1-2H/t15-,20-;;/m1../s1. The average molecular weight is 586 g/mol. The molecule has 0 fully saturated rings. The van der Waals surface area contributed by atoms with E-state index in [4.69, 9.17) is 5.11 Å². The second-order valence-corrected chi connectivity index (χ2v) is 8.59. The zero-order chi connectivity index (χ0) is 31.4. The van der Waals surface area contributed by atoms with Crippen LogP contribution in [0.3, 0.4) is 0 Å². The summed E-state index contributed by atoms with van der Waals surface area (Å²) in [6.07, 6.45) is -5.50. The molecule has 2 N–H and O–H groups in total. The molecule has 41 heavy (non-hydrogen) atoms. The van der Waals surface area contributed by atoms with E-state index in [1.54, 1.807) is 54.6 Å². The van der Waals surface area contributed by atoms with Gasteiger partial charge in [-0.3, -0.25) is 14.4 Å². The van der Waals surface area contributed by atoms with Gasteiger partial charge in [-0.15, -0.1) is 12.8 Å². The molecule has 1 aliphatic rings. The van der Waals surface area contributed by atoms with Gasteiger partial charge in [-0.25, -0.2) is 4.99 Å². The van der Waals surface area contributed by atoms with Gasteiger partial charge in [0.2, 0.25) is 12.1 Å².